The van der Waals surface area contributed by atoms with Crippen LogP contribution in [0.5, 0.6) is 0 Å². The van der Waals surface area contributed by atoms with E-state index in [0.29, 0.717) is 52.1 Å². The van der Waals surface area contributed by atoms with Gasteiger partial charge < -0.3 is 23.5 Å². The van der Waals surface area contributed by atoms with Crippen molar-refractivity contribution in [1.82, 2.24) is 8.87 Å². The lowest BCUT2D eigenvalue weighted by atomic mass is 9.98. The fraction of sp³-hybridized carbons (Fsp3) is 0.667. The number of carbonyl (C=O) groups excluding carboxylic acids is 1. The number of nitrogens with zero attached hydrogens (tertiary/aromatic N) is 2. The molecule has 240 valence electrons. The molecule has 0 bridgehead atoms. The van der Waals surface area contributed by atoms with Crippen LogP contribution in [0.25, 0.3) is 11.3 Å². The molecule has 2 fully saturated rings. The molecule has 0 N–H and O–H groups in total. The highest BCUT2D eigenvalue weighted by Gasteiger charge is 2.38. The van der Waals surface area contributed by atoms with Gasteiger partial charge >= 0.3 is 5.97 Å². The molecule has 2 aromatic rings. The lowest BCUT2D eigenvalue weighted by molar-refractivity contribution is -0.301. The standard InChI is InChI=1S/C33H49FN2O6S/c1-9-27-31(43(38)35-16-18-39-19-17-35)29(22(2)3)30(23-10-12-24(34)13-11-23)36(27)15-14-25-20-26(41-33(7,8)40-25)21-28(37)42-32(4,5)6/h10-13,22,25-26H,9,14-21H2,1-8H3/t25-,26-,43?/m1/s1. The van der Waals surface area contributed by atoms with Gasteiger partial charge in [0, 0.05) is 31.7 Å². The van der Waals surface area contributed by atoms with Gasteiger partial charge in [-0.1, -0.05) is 20.8 Å². The molecule has 4 rings (SSSR count). The van der Waals surface area contributed by atoms with Crippen molar-refractivity contribution in [2.24, 2.45) is 0 Å². The first-order valence-corrected chi connectivity index (χ1v) is 16.6. The number of halogens is 1. The fourth-order valence-corrected chi connectivity index (χ4v) is 7.83. The van der Waals surface area contributed by atoms with E-state index in [9.17, 15) is 13.4 Å². The van der Waals surface area contributed by atoms with Crippen molar-refractivity contribution in [2.45, 2.75) is 122 Å². The van der Waals surface area contributed by atoms with Crippen molar-refractivity contribution in [3.05, 3.63) is 41.3 Å². The molecular weight excluding hydrogens is 571 g/mol. The van der Waals surface area contributed by atoms with Crippen LogP contribution in [-0.4, -0.2) is 68.9 Å². The maximum atomic E-state index is 14.2. The molecule has 0 aliphatic carbocycles. The molecular formula is C33H49FN2O6S. The van der Waals surface area contributed by atoms with Crippen LogP contribution in [0.15, 0.2) is 29.2 Å². The number of ether oxygens (including phenoxy) is 4. The summed E-state index contributed by atoms with van der Waals surface area (Å²) in [5.41, 5.74) is 3.35. The lowest BCUT2D eigenvalue weighted by Crippen LogP contribution is -2.46. The van der Waals surface area contributed by atoms with Gasteiger partial charge in [-0.2, -0.15) is 0 Å². The van der Waals surface area contributed by atoms with Gasteiger partial charge in [0.05, 0.1) is 42.4 Å². The molecule has 1 aromatic carbocycles. The lowest BCUT2D eigenvalue weighted by Gasteiger charge is -2.41. The molecule has 1 unspecified atom stereocenters. The second-order valence-electron chi connectivity index (χ2n) is 13.2. The van der Waals surface area contributed by atoms with Gasteiger partial charge in [0.2, 0.25) is 0 Å². The van der Waals surface area contributed by atoms with Gasteiger partial charge in [0.15, 0.2) is 5.79 Å². The van der Waals surface area contributed by atoms with Crippen LogP contribution in [0.2, 0.25) is 0 Å². The number of benzene rings is 1. The van der Waals surface area contributed by atoms with E-state index in [2.05, 4.69) is 25.3 Å². The highest BCUT2D eigenvalue weighted by Crippen LogP contribution is 2.41. The summed E-state index contributed by atoms with van der Waals surface area (Å²) in [6, 6.07) is 6.57. The Morgan fingerprint density at radius 1 is 1.12 bits per heavy atom. The summed E-state index contributed by atoms with van der Waals surface area (Å²) in [4.78, 5) is 13.5. The normalized spacial score (nSPS) is 22.1. The van der Waals surface area contributed by atoms with Crippen LogP contribution in [0.1, 0.15) is 91.8 Å². The first kappa shape index (κ1) is 33.8. The summed E-state index contributed by atoms with van der Waals surface area (Å²) in [7, 11) is -1.37. The average Bonchev–Trinajstić information content (AvgIpc) is 3.25. The molecule has 0 saturated carbocycles. The van der Waals surface area contributed by atoms with E-state index < -0.39 is 22.4 Å². The summed E-state index contributed by atoms with van der Waals surface area (Å²) in [5, 5.41) is 0. The minimum atomic E-state index is -1.37. The first-order chi connectivity index (χ1) is 20.2. The monoisotopic (exact) mass is 620 g/mol. The van der Waals surface area contributed by atoms with E-state index in [1.807, 2.05) is 38.9 Å². The number of esters is 1. The topological polar surface area (TPSA) is 79.2 Å². The second-order valence-corrected chi connectivity index (χ2v) is 14.6. The molecule has 0 radical (unpaired) electrons. The van der Waals surface area contributed by atoms with Crippen LogP contribution in [-0.2, 0) is 47.7 Å². The van der Waals surface area contributed by atoms with Gasteiger partial charge in [0.25, 0.3) is 0 Å². The largest absolute Gasteiger partial charge is 0.460 e. The third-order valence-electron chi connectivity index (χ3n) is 7.68. The highest BCUT2D eigenvalue weighted by molar-refractivity contribution is 7.82. The van der Waals surface area contributed by atoms with E-state index in [0.717, 1.165) is 27.4 Å². The highest BCUT2D eigenvalue weighted by atomic mass is 32.2. The van der Waals surface area contributed by atoms with Gasteiger partial charge in [-0.15, -0.1) is 0 Å². The molecule has 10 heteroatoms. The van der Waals surface area contributed by atoms with Gasteiger partial charge in [0.1, 0.15) is 22.4 Å². The Kier molecular flexibility index (Phi) is 10.9. The molecule has 2 aliphatic heterocycles. The third kappa shape index (κ3) is 8.54. The maximum Gasteiger partial charge on any atom is 0.308 e. The molecule has 0 spiro atoms. The maximum absolute atomic E-state index is 14.2. The van der Waals surface area contributed by atoms with Crippen LogP contribution in [0.3, 0.4) is 0 Å². The van der Waals surface area contributed by atoms with Crippen molar-refractivity contribution >= 4 is 17.0 Å². The number of rotatable bonds is 10. The molecule has 43 heavy (non-hydrogen) atoms. The van der Waals surface area contributed by atoms with Gasteiger partial charge in [-0.3, -0.25) is 4.79 Å². The quantitative estimate of drug-likeness (QED) is 0.288. The fourth-order valence-electron chi connectivity index (χ4n) is 6.12. The van der Waals surface area contributed by atoms with Gasteiger partial charge in [-0.25, -0.2) is 12.9 Å². The zero-order valence-electron chi connectivity index (χ0n) is 27.0. The second kappa shape index (κ2) is 13.9. The summed E-state index contributed by atoms with van der Waals surface area (Å²) < 4.78 is 56.1. The Bertz CT molecular complexity index is 1280. The smallest absolute Gasteiger partial charge is 0.308 e. The van der Waals surface area contributed by atoms with Gasteiger partial charge in [-0.05, 0) is 88.8 Å². The molecule has 2 saturated heterocycles. The molecule has 1 aromatic heterocycles. The molecule has 3 heterocycles. The average molecular weight is 621 g/mol. The molecule has 2 aliphatic rings. The Hall–Kier alpha value is -2.11. The van der Waals surface area contributed by atoms with E-state index in [1.54, 1.807) is 12.1 Å². The van der Waals surface area contributed by atoms with Crippen molar-refractivity contribution in [3.63, 3.8) is 0 Å². The van der Waals surface area contributed by atoms with Crippen LogP contribution >= 0.6 is 0 Å². The number of hydrogen-bond acceptors (Lipinski definition) is 6. The zero-order chi connectivity index (χ0) is 31.5. The number of hydrogen-bond donors (Lipinski definition) is 0. The zero-order valence-corrected chi connectivity index (χ0v) is 27.9. The molecule has 8 nitrogen and oxygen atoms in total. The summed E-state index contributed by atoms with van der Waals surface area (Å²) in [6.45, 7) is 18.6. The Morgan fingerprint density at radius 3 is 2.33 bits per heavy atom. The van der Waals surface area contributed by atoms with Crippen molar-refractivity contribution in [1.29, 1.82) is 0 Å². The van der Waals surface area contributed by atoms with E-state index in [1.165, 1.54) is 12.1 Å². The first-order valence-electron chi connectivity index (χ1n) is 15.5. The Morgan fingerprint density at radius 2 is 1.74 bits per heavy atom. The van der Waals surface area contributed by atoms with Crippen LogP contribution < -0.4 is 0 Å². The number of morpholine rings is 1. The minimum Gasteiger partial charge on any atom is -0.460 e. The summed E-state index contributed by atoms with van der Waals surface area (Å²) in [6.07, 6.45) is 1.57. The predicted octanol–water partition coefficient (Wildman–Crippen LogP) is 6.37. The molecule has 0 amide bonds. The van der Waals surface area contributed by atoms with Crippen LogP contribution in [0.4, 0.5) is 4.39 Å². The molecule has 3 atom stereocenters. The Labute approximate surface area is 258 Å². The van der Waals surface area contributed by atoms with Crippen molar-refractivity contribution in [2.75, 3.05) is 26.3 Å². The predicted molar refractivity (Wildman–Crippen MR) is 166 cm³/mol. The number of aromatic nitrogens is 1. The van der Waals surface area contributed by atoms with Crippen LogP contribution in [0, 0.1) is 5.82 Å². The van der Waals surface area contributed by atoms with Crippen molar-refractivity contribution in [3.8, 4) is 11.3 Å². The van der Waals surface area contributed by atoms with Crippen molar-refractivity contribution < 1.29 is 32.3 Å². The number of carbonyl (C=O) groups is 1. The van der Waals surface area contributed by atoms with E-state index in [-0.39, 0.29) is 36.3 Å². The Balaban J connectivity index is 1.69. The minimum absolute atomic E-state index is 0.0862. The van der Waals surface area contributed by atoms with E-state index in [4.69, 9.17) is 18.9 Å². The summed E-state index contributed by atoms with van der Waals surface area (Å²) >= 11 is 0. The third-order valence-corrected chi connectivity index (χ3v) is 9.32. The van der Waals surface area contributed by atoms with E-state index >= 15 is 0 Å². The summed E-state index contributed by atoms with van der Waals surface area (Å²) in [5.74, 6) is -1.35. The SMILES string of the molecule is CCc1c(S(=O)N2CCOCC2)c(C(C)C)c(-c2ccc(F)cc2)n1CC[C@@H]1C[C@H](CC(=O)OC(C)(C)C)OC(C)(C)O1.